The van der Waals surface area contributed by atoms with Crippen LogP contribution in [0.4, 0.5) is 0 Å². The molecule has 0 bridgehead atoms. The Morgan fingerprint density at radius 1 is 1.33 bits per heavy atom. The van der Waals surface area contributed by atoms with E-state index in [-0.39, 0.29) is 30.5 Å². The molecule has 1 heterocycles. The summed E-state index contributed by atoms with van der Waals surface area (Å²) in [5.74, 6) is -1.11. The maximum atomic E-state index is 12.4. The first kappa shape index (κ1) is 13.3. The summed E-state index contributed by atoms with van der Waals surface area (Å²) in [6.45, 7) is 2.21. The Morgan fingerprint density at radius 3 is 2.50 bits per heavy atom. The predicted molar refractivity (Wildman–Crippen MR) is 65.1 cm³/mol. The molecule has 1 amide bonds. The predicted octanol–water partition coefficient (Wildman–Crippen LogP) is 1.27. The minimum absolute atomic E-state index is 0.0337. The van der Waals surface area contributed by atoms with Gasteiger partial charge in [-0.05, 0) is 26.2 Å². The van der Waals surface area contributed by atoms with Crippen LogP contribution in [0.3, 0.4) is 0 Å². The largest absolute Gasteiger partial charge is 0.480 e. The average molecular weight is 255 g/mol. The van der Waals surface area contributed by atoms with E-state index in [1.807, 2.05) is 6.92 Å². The number of carboxylic acid groups (broad SMARTS) is 1. The Bertz CT molecular complexity index is 325. The van der Waals surface area contributed by atoms with Crippen LogP contribution in [0, 0.1) is 5.92 Å². The number of hydrogen-bond acceptors (Lipinski definition) is 3. The van der Waals surface area contributed by atoms with Crippen molar-refractivity contribution in [2.24, 2.45) is 5.92 Å². The summed E-state index contributed by atoms with van der Waals surface area (Å²) in [7, 11) is 0. The zero-order chi connectivity index (χ0) is 13.1. The van der Waals surface area contributed by atoms with Crippen LogP contribution in [0.2, 0.25) is 0 Å². The van der Waals surface area contributed by atoms with Gasteiger partial charge in [-0.3, -0.25) is 9.59 Å². The molecule has 0 aromatic rings. The summed E-state index contributed by atoms with van der Waals surface area (Å²) >= 11 is 0. The highest BCUT2D eigenvalue weighted by molar-refractivity contribution is 5.83. The second-order valence-corrected chi connectivity index (χ2v) is 5.37. The molecule has 5 nitrogen and oxygen atoms in total. The van der Waals surface area contributed by atoms with Crippen LogP contribution in [0.1, 0.15) is 39.0 Å². The van der Waals surface area contributed by atoms with Gasteiger partial charge in [0.25, 0.3) is 0 Å². The molecular formula is C13H21NO4. The first-order valence-electron chi connectivity index (χ1n) is 6.72. The van der Waals surface area contributed by atoms with Crippen molar-refractivity contribution in [2.75, 3.05) is 13.2 Å². The van der Waals surface area contributed by atoms with Crippen LogP contribution in [-0.4, -0.2) is 47.2 Å². The van der Waals surface area contributed by atoms with Gasteiger partial charge in [0.05, 0.1) is 18.6 Å². The lowest BCUT2D eigenvalue weighted by atomic mass is 10.0. The van der Waals surface area contributed by atoms with E-state index < -0.39 is 5.97 Å². The first-order chi connectivity index (χ1) is 8.58. The van der Waals surface area contributed by atoms with E-state index >= 15 is 0 Å². The van der Waals surface area contributed by atoms with Crippen LogP contribution in [0.25, 0.3) is 0 Å². The molecule has 2 fully saturated rings. The second-order valence-electron chi connectivity index (χ2n) is 5.37. The van der Waals surface area contributed by atoms with E-state index in [1.54, 1.807) is 4.90 Å². The second kappa shape index (κ2) is 5.69. The SMILES string of the molecule is CC1CC(C(=O)N(CC(=O)O)C2CCCC2)CO1. The highest BCUT2D eigenvalue weighted by atomic mass is 16.5. The summed E-state index contributed by atoms with van der Waals surface area (Å²) in [5.41, 5.74) is 0. The van der Waals surface area contributed by atoms with Gasteiger partial charge in [-0.2, -0.15) is 0 Å². The molecule has 2 atom stereocenters. The zero-order valence-corrected chi connectivity index (χ0v) is 10.8. The molecule has 1 aliphatic heterocycles. The molecule has 1 aliphatic carbocycles. The highest BCUT2D eigenvalue weighted by Crippen LogP contribution is 2.27. The number of rotatable bonds is 4. The van der Waals surface area contributed by atoms with Crippen LogP contribution in [-0.2, 0) is 14.3 Å². The van der Waals surface area contributed by atoms with Gasteiger partial charge in [0.2, 0.25) is 5.91 Å². The van der Waals surface area contributed by atoms with E-state index in [0.29, 0.717) is 13.0 Å². The van der Waals surface area contributed by atoms with Crippen molar-refractivity contribution in [3.63, 3.8) is 0 Å². The summed E-state index contributed by atoms with van der Waals surface area (Å²) in [4.78, 5) is 24.9. The normalized spacial score (nSPS) is 28.5. The molecule has 0 aromatic heterocycles. The number of ether oxygens (including phenoxy) is 1. The minimum atomic E-state index is -0.929. The van der Waals surface area contributed by atoms with E-state index in [4.69, 9.17) is 9.84 Å². The number of carboxylic acids is 1. The molecule has 2 rings (SSSR count). The molecule has 102 valence electrons. The van der Waals surface area contributed by atoms with Crippen molar-refractivity contribution in [1.82, 2.24) is 4.90 Å². The van der Waals surface area contributed by atoms with Crippen LogP contribution >= 0.6 is 0 Å². The van der Waals surface area contributed by atoms with Crippen LogP contribution in [0.15, 0.2) is 0 Å². The van der Waals surface area contributed by atoms with E-state index in [9.17, 15) is 9.59 Å². The van der Waals surface area contributed by atoms with Gasteiger partial charge in [-0.15, -0.1) is 0 Å². The first-order valence-corrected chi connectivity index (χ1v) is 6.72. The Morgan fingerprint density at radius 2 is 2.00 bits per heavy atom. The fourth-order valence-corrected chi connectivity index (χ4v) is 2.97. The van der Waals surface area contributed by atoms with Gasteiger partial charge in [-0.1, -0.05) is 12.8 Å². The highest BCUT2D eigenvalue weighted by Gasteiger charge is 2.36. The molecule has 1 N–H and O–H groups in total. The van der Waals surface area contributed by atoms with E-state index in [1.165, 1.54) is 0 Å². The monoisotopic (exact) mass is 255 g/mol. The molecule has 0 aromatic carbocycles. The lowest BCUT2D eigenvalue weighted by Crippen LogP contribution is -2.45. The third-order valence-electron chi connectivity index (χ3n) is 3.90. The van der Waals surface area contributed by atoms with E-state index in [0.717, 1.165) is 25.7 Å². The van der Waals surface area contributed by atoms with Crippen molar-refractivity contribution in [3.05, 3.63) is 0 Å². The van der Waals surface area contributed by atoms with Gasteiger partial charge in [-0.25, -0.2) is 0 Å². The molecule has 2 unspecified atom stereocenters. The lowest BCUT2D eigenvalue weighted by Gasteiger charge is -2.29. The topological polar surface area (TPSA) is 66.8 Å². The van der Waals surface area contributed by atoms with Crippen molar-refractivity contribution >= 4 is 11.9 Å². The molecule has 2 aliphatic rings. The maximum absolute atomic E-state index is 12.4. The molecule has 0 spiro atoms. The van der Waals surface area contributed by atoms with Crippen molar-refractivity contribution < 1.29 is 19.4 Å². The van der Waals surface area contributed by atoms with Crippen LogP contribution in [0.5, 0.6) is 0 Å². The van der Waals surface area contributed by atoms with Gasteiger partial charge in [0.1, 0.15) is 6.54 Å². The Kier molecular flexibility index (Phi) is 4.22. The van der Waals surface area contributed by atoms with Gasteiger partial charge in [0.15, 0.2) is 0 Å². The molecule has 1 saturated heterocycles. The van der Waals surface area contributed by atoms with Crippen molar-refractivity contribution in [2.45, 2.75) is 51.2 Å². The Balaban J connectivity index is 2.02. The van der Waals surface area contributed by atoms with Gasteiger partial charge >= 0.3 is 5.97 Å². The maximum Gasteiger partial charge on any atom is 0.323 e. The van der Waals surface area contributed by atoms with Crippen molar-refractivity contribution in [1.29, 1.82) is 0 Å². The zero-order valence-electron chi connectivity index (χ0n) is 10.8. The number of hydrogen-bond donors (Lipinski definition) is 1. The Labute approximate surface area is 107 Å². The van der Waals surface area contributed by atoms with Gasteiger partial charge < -0.3 is 14.7 Å². The van der Waals surface area contributed by atoms with Crippen LogP contribution < -0.4 is 0 Å². The summed E-state index contributed by atoms with van der Waals surface area (Å²) < 4.78 is 5.41. The lowest BCUT2D eigenvalue weighted by molar-refractivity contribution is -0.148. The molecule has 0 radical (unpaired) electrons. The number of aliphatic carboxylic acids is 1. The number of carbonyl (C=O) groups excluding carboxylic acids is 1. The number of amides is 1. The fourth-order valence-electron chi connectivity index (χ4n) is 2.97. The number of nitrogens with zero attached hydrogens (tertiary/aromatic N) is 1. The molecule has 1 saturated carbocycles. The molecular weight excluding hydrogens is 234 g/mol. The Hall–Kier alpha value is -1.10. The minimum Gasteiger partial charge on any atom is -0.480 e. The summed E-state index contributed by atoms with van der Waals surface area (Å²) in [6.07, 6.45) is 4.86. The summed E-state index contributed by atoms with van der Waals surface area (Å²) in [5, 5.41) is 8.96. The standard InChI is InChI=1S/C13H21NO4/c1-9-6-10(8-18-9)13(17)14(7-12(15)16)11-4-2-3-5-11/h9-11H,2-8H2,1H3,(H,15,16). The van der Waals surface area contributed by atoms with Crippen molar-refractivity contribution in [3.8, 4) is 0 Å². The molecule has 5 heteroatoms. The molecule has 18 heavy (non-hydrogen) atoms. The average Bonchev–Trinajstić information content (AvgIpc) is 2.95. The van der Waals surface area contributed by atoms with E-state index in [2.05, 4.69) is 0 Å². The number of carbonyl (C=O) groups is 2. The summed E-state index contributed by atoms with van der Waals surface area (Å²) in [6, 6.07) is 0.115. The quantitative estimate of drug-likeness (QED) is 0.821. The third-order valence-corrected chi connectivity index (χ3v) is 3.90. The van der Waals surface area contributed by atoms with Gasteiger partial charge in [0, 0.05) is 6.04 Å². The fraction of sp³-hybridized carbons (Fsp3) is 0.846. The smallest absolute Gasteiger partial charge is 0.323 e. The third kappa shape index (κ3) is 3.02.